The Labute approximate surface area is 152 Å². The molecule has 0 bridgehead atoms. The van der Waals surface area contributed by atoms with Crippen LogP contribution in [0.3, 0.4) is 0 Å². The number of rotatable bonds is 6. The second kappa shape index (κ2) is 7.93. The predicted molar refractivity (Wildman–Crippen MR) is 102 cm³/mol. The minimum Gasteiger partial charge on any atom is -0.317 e. The van der Waals surface area contributed by atoms with Gasteiger partial charge in [0.25, 0.3) is 0 Å². The molecule has 0 unspecified atom stereocenters. The van der Waals surface area contributed by atoms with Crippen molar-refractivity contribution in [2.24, 2.45) is 0 Å². The molecule has 3 rings (SSSR count). The van der Waals surface area contributed by atoms with Crippen molar-refractivity contribution >= 4 is 28.0 Å². The van der Waals surface area contributed by atoms with E-state index in [1.54, 1.807) is 11.3 Å². The first-order chi connectivity index (χ1) is 12.1. The Balaban J connectivity index is 1.75. The van der Waals surface area contributed by atoms with Crippen molar-refractivity contribution in [1.82, 2.24) is 4.90 Å². The van der Waals surface area contributed by atoms with Crippen molar-refractivity contribution in [3.05, 3.63) is 51.9 Å². The number of hydrogen-bond donors (Lipinski definition) is 1. The SMILES string of the molecule is CCC(=O)c1c(NC(=O)CCc2ccccc2)sc2c1CCN(C)C2. The number of thiophene rings is 1. The molecule has 0 spiro atoms. The molecule has 25 heavy (non-hydrogen) atoms. The van der Waals surface area contributed by atoms with E-state index in [4.69, 9.17) is 0 Å². The Morgan fingerprint density at radius 3 is 2.72 bits per heavy atom. The molecular formula is C20H24N2O2S. The van der Waals surface area contributed by atoms with Crippen LogP contribution >= 0.6 is 11.3 Å². The van der Waals surface area contributed by atoms with Gasteiger partial charge in [-0.05, 0) is 31.0 Å². The molecule has 1 N–H and O–H groups in total. The van der Waals surface area contributed by atoms with E-state index in [1.807, 2.05) is 37.3 Å². The zero-order valence-electron chi connectivity index (χ0n) is 14.8. The summed E-state index contributed by atoms with van der Waals surface area (Å²) >= 11 is 1.56. The van der Waals surface area contributed by atoms with Crippen LogP contribution in [0.4, 0.5) is 5.00 Å². The maximum Gasteiger partial charge on any atom is 0.225 e. The monoisotopic (exact) mass is 356 g/mol. The number of amides is 1. The normalized spacial score (nSPS) is 14.2. The number of benzene rings is 1. The van der Waals surface area contributed by atoms with Crippen molar-refractivity contribution in [3.8, 4) is 0 Å². The third-order valence-electron chi connectivity index (χ3n) is 4.58. The molecule has 0 aliphatic carbocycles. The van der Waals surface area contributed by atoms with Gasteiger partial charge in [0.05, 0.1) is 5.56 Å². The smallest absolute Gasteiger partial charge is 0.225 e. The van der Waals surface area contributed by atoms with Gasteiger partial charge in [0.1, 0.15) is 5.00 Å². The molecule has 0 saturated heterocycles. The molecule has 0 radical (unpaired) electrons. The zero-order valence-corrected chi connectivity index (χ0v) is 15.6. The molecule has 1 aliphatic rings. The highest BCUT2D eigenvalue weighted by molar-refractivity contribution is 7.17. The third kappa shape index (κ3) is 4.17. The summed E-state index contributed by atoms with van der Waals surface area (Å²) in [4.78, 5) is 28.3. The molecular weight excluding hydrogens is 332 g/mol. The fourth-order valence-electron chi connectivity index (χ4n) is 3.18. The van der Waals surface area contributed by atoms with Gasteiger partial charge in [0.2, 0.25) is 5.91 Å². The number of carbonyl (C=O) groups is 2. The van der Waals surface area contributed by atoms with Crippen LogP contribution < -0.4 is 5.32 Å². The van der Waals surface area contributed by atoms with E-state index >= 15 is 0 Å². The Morgan fingerprint density at radius 2 is 2.00 bits per heavy atom. The molecule has 1 aromatic carbocycles. The number of anilines is 1. The summed E-state index contributed by atoms with van der Waals surface area (Å²) in [5.41, 5.74) is 3.05. The van der Waals surface area contributed by atoms with Gasteiger partial charge in [-0.15, -0.1) is 11.3 Å². The van der Waals surface area contributed by atoms with Gasteiger partial charge < -0.3 is 10.2 Å². The van der Waals surface area contributed by atoms with Crippen LogP contribution in [0, 0.1) is 0 Å². The molecule has 2 heterocycles. The summed E-state index contributed by atoms with van der Waals surface area (Å²) < 4.78 is 0. The molecule has 0 atom stereocenters. The molecule has 5 heteroatoms. The summed E-state index contributed by atoms with van der Waals surface area (Å²) in [6.07, 6.45) is 2.47. The van der Waals surface area contributed by atoms with Crippen LogP contribution in [0.2, 0.25) is 0 Å². The predicted octanol–water partition coefficient (Wildman–Crippen LogP) is 3.90. The van der Waals surface area contributed by atoms with E-state index in [0.29, 0.717) is 19.3 Å². The highest BCUT2D eigenvalue weighted by atomic mass is 32.1. The lowest BCUT2D eigenvalue weighted by atomic mass is 9.99. The number of aryl methyl sites for hydroxylation is 1. The van der Waals surface area contributed by atoms with Gasteiger partial charge in [-0.25, -0.2) is 0 Å². The molecule has 2 aromatic rings. The minimum atomic E-state index is -0.0269. The maximum absolute atomic E-state index is 12.5. The highest BCUT2D eigenvalue weighted by Gasteiger charge is 2.26. The Morgan fingerprint density at radius 1 is 1.24 bits per heavy atom. The van der Waals surface area contributed by atoms with E-state index in [9.17, 15) is 9.59 Å². The van der Waals surface area contributed by atoms with Crippen LogP contribution in [-0.2, 0) is 24.2 Å². The van der Waals surface area contributed by atoms with Gasteiger partial charge in [0, 0.05) is 30.8 Å². The second-order valence-corrected chi connectivity index (χ2v) is 7.61. The number of nitrogens with one attached hydrogen (secondary N) is 1. The summed E-state index contributed by atoms with van der Waals surface area (Å²) in [6.45, 7) is 3.68. The van der Waals surface area contributed by atoms with Gasteiger partial charge in [-0.3, -0.25) is 9.59 Å². The number of fused-ring (bicyclic) bond motifs is 1. The largest absolute Gasteiger partial charge is 0.317 e. The quantitative estimate of drug-likeness (QED) is 0.799. The average molecular weight is 356 g/mol. The van der Waals surface area contributed by atoms with E-state index in [1.165, 1.54) is 4.88 Å². The zero-order chi connectivity index (χ0) is 17.8. The molecule has 1 aliphatic heterocycles. The lowest BCUT2D eigenvalue weighted by Crippen LogP contribution is -2.26. The van der Waals surface area contributed by atoms with Crippen molar-refractivity contribution in [2.75, 3.05) is 18.9 Å². The summed E-state index contributed by atoms with van der Waals surface area (Å²) in [5, 5.41) is 3.75. The average Bonchev–Trinajstić information content (AvgIpc) is 2.97. The van der Waals surface area contributed by atoms with Gasteiger partial charge >= 0.3 is 0 Å². The van der Waals surface area contributed by atoms with Crippen LogP contribution in [0.25, 0.3) is 0 Å². The molecule has 132 valence electrons. The second-order valence-electron chi connectivity index (χ2n) is 6.51. The molecule has 1 aromatic heterocycles. The van der Waals surface area contributed by atoms with Gasteiger partial charge in [-0.1, -0.05) is 37.3 Å². The molecule has 0 fully saturated rings. The summed E-state index contributed by atoms with van der Waals surface area (Å²) in [6, 6.07) is 9.99. The molecule has 1 amide bonds. The Kier molecular flexibility index (Phi) is 5.66. The number of nitrogens with zero attached hydrogens (tertiary/aromatic N) is 1. The van der Waals surface area contributed by atoms with E-state index in [2.05, 4.69) is 17.3 Å². The standard InChI is InChI=1S/C20H24N2O2S/c1-3-16(23)19-15-11-12-22(2)13-17(15)25-20(19)21-18(24)10-9-14-7-5-4-6-8-14/h4-8H,3,9-13H2,1-2H3,(H,21,24). The number of likely N-dealkylation sites (N-methyl/N-ethyl adjacent to an activating group) is 1. The van der Waals surface area contributed by atoms with Gasteiger partial charge in [0.15, 0.2) is 5.78 Å². The van der Waals surface area contributed by atoms with E-state index in [-0.39, 0.29) is 11.7 Å². The summed E-state index contributed by atoms with van der Waals surface area (Å²) in [7, 11) is 2.09. The lowest BCUT2D eigenvalue weighted by Gasteiger charge is -2.22. The fraction of sp³-hybridized carbons (Fsp3) is 0.400. The fourth-order valence-corrected chi connectivity index (χ4v) is 4.55. The minimum absolute atomic E-state index is 0.0269. The van der Waals surface area contributed by atoms with E-state index < -0.39 is 0 Å². The number of Topliss-reactive ketones (excluding diaryl/α,β-unsaturated/α-hetero) is 1. The van der Waals surface area contributed by atoms with Crippen molar-refractivity contribution < 1.29 is 9.59 Å². The number of carbonyl (C=O) groups excluding carboxylic acids is 2. The summed E-state index contributed by atoms with van der Waals surface area (Å²) in [5.74, 6) is 0.0985. The Hall–Kier alpha value is -1.98. The van der Waals surface area contributed by atoms with E-state index in [0.717, 1.165) is 41.2 Å². The molecule has 0 saturated carbocycles. The highest BCUT2D eigenvalue weighted by Crippen LogP contribution is 2.37. The van der Waals surface area contributed by atoms with Crippen LogP contribution in [0.1, 0.15) is 46.1 Å². The van der Waals surface area contributed by atoms with Crippen molar-refractivity contribution in [3.63, 3.8) is 0 Å². The first-order valence-corrected chi connectivity index (χ1v) is 9.60. The topological polar surface area (TPSA) is 49.4 Å². The van der Waals surface area contributed by atoms with Crippen LogP contribution in [0.5, 0.6) is 0 Å². The Bertz CT molecular complexity index is 768. The van der Waals surface area contributed by atoms with Gasteiger partial charge in [-0.2, -0.15) is 0 Å². The van der Waals surface area contributed by atoms with Crippen LogP contribution in [0.15, 0.2) is 30.3 Å². The lowest BCUT2D eigenvalue weighted by molar-refractivity contribution is -0.116. The number of ketones is 1. The van der Waals surface area contributed by atoms with Crippen molar-refractivity contribution in [1.29, 1.82) is 0 Å². The number of hydrogen-bond acceptors (Lipinski definition) is 4. The first kappa shape index (κ1) is 17.8. The third-order valence-corrected chi connectivity index (χ3v) is 5.72. The first-order valence-electron chi connectivity index (χ1n) is 8.78. The van der Waals surface area contributed by atoms with Crippen molar-refractivity contribution in [2.45, 2.75) is 39.2 Å². The van der Waals surface area contributed by atoms with Crippen LogP contribution in [-0.4, -0.2) is 30.2 Å². The molecule has 4 nitrogen and oxygen atoms in total. The maximum atomic E-state index is 12.5.